The van der Waals surface area contributed by atoms with Gasteiger partial charge in [0, 0.05) is 12.1 Å². The summed E-state index contributed by atoms with van der Waals surface area (Å²) in [6, 6.07) is 24.7. The molecule has 0 atom stereocenters. The van der Waals surface area contributed by atoms with E-state index in [1.54, 1.807) is 12.1 Å². The lowest BCUT2D eigenvalue weighted by Gasteiger charge is -2.10. The minimum atomic E-state index is -0.992. The zero-order chi connectivity index (χ0) is 21.2. The fourth-order valence-electron chi connectivity index (χ4n) is 2.67. The molecule has 0 radical (unpaired) electrons. The van der Waals surface area contributed by atoms with Crippen molar-refractivity contribution >= 4 is 17.6 Å². The number of rotatable bonds is 10. The topological polar surface area (TPSA) is 84.9 Å². The highest BCUT2D eigenvalue weighted by atomic mass is 16.5. The Morgan fingerprint density at radius 1 is 0.700 bits per heavy atom. The van der Waals surface area contributed by atoms with Gasteiger partial charge in [0.05, 0.1) is 6.42 Å². The third-order valence-electron chi connectivity index (χ3n) is 4.28. The third kappa shape index (κ3) is 6.98. The van der Waals surface area contributed by atoms with Gasteiger partial charge in [-0.15, -0.1) is 0 Å². The number of carboxylic acid groups (broad SMARTS) is 1. The largest absolute Gasteiger partial charge is 0.489 e. The molecule has 0 saturated carbocycles. The first-order valence-corrected chi connectivity index (χ1v) is 9.59. The Kier molecular flexibility index (Phi) is 7.44. The van der Waals surface area contributed by atoms with Crippen molar-refractivity contribution in [1.29, 1.82) is 0 Å². The van der Waals surface area contributed by atoms with Crippen molar-refractivity contribution in [3.63, 3.8) is 0 Å². The van der Waals surface area contributed by atoms with E-state index in [-0.39, 0.29) is 18.7 Å². The van der Waals surface area contributed by atoms with Crippen LogP contribution in [0.25, 0.3) is 0 Å². The van der Waals surface area contributed by atoms with Gasteiger partial charge in [-0.3, -0.25) is 9.59 Å². The quantitative estimate of drug-likeness (QED) is 0.513. The summed E-state index contributed by atoms with van der Waals surface area (Å²) in [5.41, 5.74) is 2.68. The van der Waals surface area contributed by atoms with Crippen LogP contribution in [0.1, 0.15) is 24.0 Å². The number of carbonyl (C=O) groups is 2. The second kappa shape index (κ2) is 10.7. The van der Waals surface area contributed by atoms with Crippen LogP contribution in [0.2, 0.25) is 0 Å². The third-order valence-corrected chi connectivity index (χ3v) is 4.28. The summed E-state index contributed by atoms with van der Waals surface area (Å²) in [4.78, 5) is 22.2. The van der Waals surface area contributed by atoms with Gasteiger partial charge in [0.1, 0.15) is 24.7 Å². The molecule has 0 aliphatic heterocycles. The van der Waals surface area contributed by atoms with Crippen LogP contribution in [0, 0.1) is 0 Å². The number of hydrogen-bond donors (Lipinski definition) is 2. The van der Waals surface area contributed by atoms with Crippen LogP contribution in [0.4, 0.5) is 5.69 Å². The molecule has 1 amide bonds. The molecule has 0 saturated heterocycles. The molecule has 0 spiro atoms. The van der Waals surface area contributed by atoms with Crippen molar-refractivity contribution in [3.8, 4) is 11.5 Å². The molecule has 3 aromatic rings. The van der Waals surface area contributed by atoms with Crippen LogP contribution in [0.15, 0.2) is 78.9 Å². The number of carbonyl (C=O) groups excluding carboxylic acids is 1. The van der Waals surface area contributed by atoms with Crippen molar-refractivity contribution in [2.45, 2.75) is 26.1 Å². The standard InChI is InChI=1S/C24H23NO5/c26-23(14-15-24(27)28)25-20-8-6-19(7-9-20)17-30-22-12-10-21(11-13-22)29-16-18-4-2-1-3-5-18/h1-13H,14-17H2,(H,25,26)(H,27,28). The van der Waals surface area contributed by atoms with Crippen molar-refractivity contribution in [2.24, 2.45) is 0 Å². The lowest BCUT2D eigenvalue weighted by Crippen LogP contribution is -2.13. The summed E-state index contributed by atoms with van der Waals surface area (Å²) in [5.74, 6) is 0.187. The lowest BCUT2D eigenvalue weighted by molar-refractivity contribution is -0.138. The highest BCUT2D eigenvalue weighted by Crippen LogP contribution is 2.20. The smallest absolute Gasteiger partial charge is 0.303 e. The van der Waals surface area contributed by atoms with Gasteiger partial charge < -0.3 is 19.9 Å². The summed E-state index contributed by atoms with van der Waals surface area (Å²) < 4.78 is 11.5. The fraction of sp³-hybridized carbons (Fsp3) is 0.167. The Labute approximate surface area is 175 Å². The van der Waals surface area contributed by atoms with Gasteiger partial charge in [0.15, 0.2) is 0 Å². The summed E-state index contributed by atoms with van der Waals surface area (Å²) in [5, 5.41) is 11.3. The first kappa shape index (κ1) is 20.9. The average molecular weight is 405 g/mol. The summed E-state index contributed by atoms with van der Waals surface area (Å²) in [6.45, 7) is 0.900. The van der Waals surface area contributed by atoms with E-state index in [4.69, 9.17) is 14.6 Å². The molecule has 6 heteroatoms. The molecule has 30 heavy (non-hydrogen) atoms. The number of anilines is 1. The maximum atomic E-state index is 11.7. The fourth-order valence-corrected chi connectivity index (χ4v) is 2.67. The number of aliphatic carboxylic acids is 1. The number of carboxylic acids is 1. The molecule has 2 N–H and O–H groups in total. The zero-order valence-electron chi connectivity index (χ0n) is 16.4. The molecule has 0 aliphatic carbocycles. The second-order valence-electron chi connectivity index (χ2n) is 6.67. The molecule has 6 nitrogen and oxygen atoms in total. The van der Waals surface area contributed by atoms with Gasteiger partial charge >= 0.3 is 5.97 Å². The predicted octanol–water partition coefficient (Wildman–Crippen LogP) is 4.65. The summed E-state index contributed by atoms with van der Waals surface area (Å²) in [6.07, 6.45) is -0.237. The maximum Gasteiger partial charge on any atom is 0.303 e. The highest BCUT2D eigenvalue weighted by molar-refractivity contribution is 5.92. The monoisotopic (exact) mass is 405 g/mol. The lowest BCUT2D eigenvalue weighted by atomic mass is 10.2. The summed E-state index contributed by atoms with van der Waals surface area (Å²) in [7, 11) is 0. The molecule has 0 bridgehead atoms. The Balaban J connectivity index is 1.43. The van der Waals surface area contributed by atoms with E-state index in [1.165, 1.54) is 0 Å². The molecule has 3 aromatic carbocycles. The molecule has 0 fully saturated rings. The van der Waals surface area contributed by atoms with E-state index in [0.29, 0.717) is 18.9 Å². The Bertz CT molecular complexity index is 953. The van der Waals surface area contributed by atoms with Crippen LogP contribution in [0.5, 0.6) is 11.5 Å². The SMILES string of the molecule is O=C(O)CCC(=O)Nc1ccc(COc2ccc(OCc3ccccc3)cc2)cc1. The van der Waals surface area contributed by atoms with Crippen molar-refractivity contribution in [2.75, 3.05) is 5.32 Å². The number of nitrogens with one attached hydrogen (secondary N) is 1. The average Bonchev–Trinajstić information content (AvgIpc) is 2.77. The molecule has 0 aliphatic rings. The van der Waals surface area contributed by atoms with Crippen molar-refractivity contribution in [3.05, 3.63) is 90.0 Å². The molecule has 0 unspecified atom stereocenters. The number of benzene rings is 3. The molecule has 0 heterocycles. The maximum absolute atomic E-state index is 11.7. The Morgan fingerprint density at radius 3 is 1.77 bits per heavy atom. The van der Waals surface area contributed by atoms with Crippen LogP contribution >= 0.6 is 0 Å². The number of amides is 1. The second-order valence-corrected chi connectivity index (χ2v) is 6.67. The molecular formula is C24H23NO5. The zero-order valence-corrected chi connectivity index (χ0v) is 16.4. The van der Waals surface area contributed by atoms with E-state index in [9.17, 15) is 9.59 Å². The number of ether oxygens (including phenoxy) is 2. The molecule has 3 rings (SSSR count). The van der Waals surface area contributed by atoms with Gasteiger partial charge in [-0.05, 0) is 47.5 Å². The molecule has 154 valence electrons. The predicted molar refractivity (Wildman–Crippen MR) is 113 cm³/mol. The van der Waals surface area contributed by atoms with E-state index in [1.807, 2.05) is 66.7 Å². The van der Waals surface area contributed by atoms with Gasteiger partial charge in [-0.25, -0.2) is 0 Å². The van der Waals surface area contributed by atoms with E-state index >= 15 is 0 Å². The molecular weight excluding hydrogens is 382 g/mol. The first-order valence-electron chi connectivity index (χ1n) is 9.59. The molecule has 0 aromatic heterocycles. The van der Waals surface area contributed by atoms with E-state index in [2.05, 4.69) is 5.32 Å². The van der Waals surface area contributed by atoms with Crippen molar-refractivity contribution < 1.29 is 24.2 Å². The van der Waals surface area contributed by atoms with E-state index < -0.39 is 5.97 Å². The minimum absolute atomic E-state index is 0.0503. The Hall–Kier alpha value is -3.80. The normalized spacial score (nSPS) is 10.3. The highest BCUT2D eigenvalue weighted by Gasteiger charge is 2.06. The van der Waals surface area contributed by atoms with Gasteiger partial charge in [-0.1, -0.05) is 42.5 Å². The van der Waals surface area contributed by atoms with Gasteiger partial charge in [0.2, 0.25) is 5.91 Å². The summed E-state index contributed by atoms with van der Waals surface area (Å²) >= 11 is 0. The minimum Gasteiger partial charge on any atom is -0.489 e. The van der Waals surface area contributed by atoms with Gasteiger partial charge in [0.25, 0.3) is 0 Å². The van der Waals surface area contributed by atoms with Crippen LogP contribution in [-0.4, -0.2) is 17.0 Å². The number of hydrogen-bond acceptors (Lipinski definition) is 4. The van der Waals surface area contributed by atoms with Crippen LogP contribution < -0.4 is 14.8 Å². The van der Waals surface area contributed by atoms with Gasteiger partial charge in [-0.2, -0.15) is 0 Å². The first-order chi connectivity index (χ1) is 14.6. The van der Waals surface area contributed by atoms with Crippen molar-refractivity contribution in [1.82, 2.24) is 0 Å². The van der Waals surface area contributed by atoms with E-state index in [0.717, 1.165) is 22.6 Å². The van der Waals surface area contributed by atoms with Crippen LogP contribution in [-0.2, 0) is 22.8 Å². The van der Waals surface area contributed by atoms with Crippen LogP contribution in [0.3, 0.4) is 0 Å². The Morgan fingerprint density at radius 2 is 1.23 bits per heavy atom.